The van der Waals surface area contributed by atoms with Crippen molar-refractivity contribution in [2.24, 2.45) is 0 Å². The van der Waals surface area contributed by atoms with Gasteiger partial charge in [0, 0.05) is 6.08 Å². The molecule has 1 saturated heterocycles. The highest BCUT2D eigenvalue weighted by Gasteiger charge is 2.35. The number of nitrogens with one attached hydrogen (secondary N) is 2. The predicted octanol–water partition coefficient (Wildman–Crippen LogP) is 1.44. The van der Waals surface area contributed by atoms with Crippen molar-refractivity contribution in [3.63, 3.8) is 0 Å². The second-order valence-electron chi connectivity index (χ2n) is 7.79. The largest absolute Gasteiger partial charge is 0.487 e. The molecule has 2 amide bonds. The normalized spacial score (nSPS) is 15.3. The monoisotopic (exact) mass is 473 g/mol. The first-order valence-corrected chi connectivity index (χ1v) is 11.3. The molecule has 1 aliphatic rings. The highest BCUT2D eigenvalue weighted by molar-refractivity contribution is 7.92. The van der Waals surface area contributed by atoms with Gasteiger partial charge in [-0.1, -0.05) is 36.4 Å². The lowest BCUT2D eigenvalue weighted by atomic mass is 10.1. The van der Waals surface area contributed by atoms with Crippen LogP contribution in [0.3, 0.4) is 0 Å². The van der Waals surface area contributed by atoms with Crippen LogP contribution >= 0.6 is 0 Å². The van der Waals surface area contributed by atoms with Crippen molar-refractivity contribution in [2.75, 3.05) is 10.8 Å². The molecular weight excluding hydrogens is 450 g/mol. The maximum Gasteiger partial charge on any atom is 0.328 e. The van der Waals surface area contributed by atoms with E-state index in [-0.39, 0.29) is 24.6 Å². The summed E-state index contributed by atoms with van der Waals surface area (Å²) in [4.78, 5) is 34.9. The summed E-state index contributed by atoms with van der Waals surface area (Å²) in [7, 11) is -4.05. The zero-order valence-electron chi connectivity index (χ0n) is 17.9. The molecule has 2 aromatic rings. The van der Waals surface area contributed by atoms with E-state index in [2.05, 4.69) is 5.32 Å². The average molecular weight is 474 g/mol. The van der Waals surface area contributed by atoms with Gasteiger partial charge in [-0.3, -0.25) is 9.59 Å². The van der Waals surface area contributed by atoms with Crippen molar-refractivity contribution in [1.82, 2.24) is 10.0 Å². The van der Waals surface area contributed by atoms with Gasteiger partial charge in [0.1, 0.15) is 24.4 Å². The molecule has 0 aromatic heterocycles. The lowest BCUT2D eigenvalue weighted by molar-refractivity contribution is -0.145. The van der Waals surface area contributed by atoms with Crippen LogP contribution < -0.4 is 19.1 Å². The molecule has 0 unspecified atom stereocenters. The van der Waals surface area contributed by atoms with Crippen LogP contribution in [0.15, 0.2) is 54.6 Å². The summed E-state index contributed by atoms with van der Waals surface area (Å²) in [6.07, 6.45) is 2.60. The molecule has 0 atom stereocenters. The van der Waals surface area contributed by atoms with E-state index in [0.717, 1.165) is 9.87 Å². The van der Waals surface area contributed by atoms with Crippen molar-refractivity contribution in [3.8, 4) is 5.75 Å². The number of nitrogens with zero attached hydrogens (tertiary/aromatic N) is 1. The molecule has 2 aromatic carbocycles. The quantitative estimate of drug-likeness (QED) is 0.493. The number of rotatable bonds is 8. The number of benzene rings is 2. The molecule has 0 spiro atoms. The lowest BCUT2D eigenvalue weighted by Gasteiger charge is -2.20. The molecule has 0 aliphatic carbocycles. The highest BCUT2D eigenvalue weighted by Crippen LogP contribution is 2.33. The summed E-state index contributed by atoms with van der Waals surface area (Å²) >= 11 is 0. The molecule has 174 valence electrons. The van der Waals surface area contributed by atoms with E-state index in [0.29, 0.717) is 5.56 Å². The zero-order valence-corrected chi connectivity index (χ0v) is 18.8. The van der Waals surface area contributed by atoms with Gasteiger partial charge in [-0.2, -0.15) is 8.42 Å². The van der Waals surface area contributed by atoms with Crippen LogP contribution in [0.4, 0.5) is 5.69 Å². The minimum Gasteiger partial charge on any atom is -0.487 e. The van der Waals surface area contributed by atoms with E-state index < -0.39 is 33.5 Å². The van der Waals surface area contributed by atoms with E-state index in [4.69, 9.17) is 9.84 Å². The minimum atomic E-state index is -4.05. The standard InChI is InChI=1S/C22H23N3O7S/c1-22(2,21(28)29)23-19(26)11-9-15-8-10-17(25-13-20(27)24-33(25,30)31)18(12-15)32-14-16-6-4-3-5-7-16/h3-12H,13-14H2,1-2H3,(H,23,26)(H,24,27)(H,28,29)/b11-9+. The third-order valence-corrected chi connectivity index (χ3v) is 6.10. The third kappa shape index (κ3) is 5.89. The van der Waals surface area contributed by atoms with E-state index in [1.165, 1.54) is 38.1 Å². The summed E-state index contributed by atoms with van der Waals surface area (Å²) in [5, 5.41) is 11.5. The molecule has 1 heterocycles. The first-order valence-electron chi connectivity index (χ1n) is 9.86. The fourth-order valence-electron chi connectivity index (χ4n) is 2.93. The van der Waals surface area contributed by atoms with Crippen molar-refractivity contribution < 1.29 is 32.6 Å². The first-order chi connectivity index (χ1) is 15.5. The van der Waals surface area contributed by atoms with Crippen LogP contribution in [0.1, 0.15) is 25.0 Å². The van der Waals surface area contributed by atoms with Crippen LogP contribution in [0.25, 0.3) is 6.08 Å². The molecule has 0 radical (unpaired) electrons. The highest BCUT2D eigenvalue weighted by atomic mass is 32.2. The molecule has 0 bridgehead atoms. The van der Waals surface area contributed by atoms with Crippen LogP contribution in [-0.2, 0) is 31.2 Å². The second-order valence-corrected chi connectivity index (χ2v) is 9.39. The smallest absolute Gasteiger partial charge is 0.328 e. The number of carbonyl (C=O) groups excluding carboxylic acids is 2. The van der Waals surface area contributed by atoms with Crippen molar-refractivity contribution in [1.29, 1.82) is 0 Å². The summed E-state index contributed by atoms with van der Waals surface area (Å²) in [6.45, 7) is 2.48. The SMILES string of the molecule is CC(C)(NC(=O)/C=C/c1ccc(N2CC(=O)NS2(=O)=O)c(OCc2ccccc2)c1)C(=O)O. The van der Waals surface area contributed by atoms with Gasteiger partial charge in [-0.25, -0.2) is 13.8 Å². The number of amides is 2. The Kier molecular flexibility index (Phi) is 6.73. The van der Waals surface area contributed by atoms with Gasteiger partial charge in [0.05, 0.1) is 5.69 Å². The number of carbonyl (C=O) groups is 3. The van der Waals surface area contributed by atoms with Gasteiger partial charge < -0.3 is 15.2 Å². The van der Waals surface area contributed by atoms with Crippen molar-refractivity contribution in [2.45, 2.75) is 26.0 Å². The Labute approximate surface area is 191 Å². The van der Waals surface area contributed by atoms with Gasteiger partial charge in [-0.15, -0.1) is 0 Å². The summed E-state index contributed by atoms with van der Waals surface area (Å²) < 4.78 is 33.3. The fraction of sp³-hybridized carbons (Fsp3) is 0.227. The summed E-state index contributed by atoms with van der Waals surface area (Å²) in [5.41, 5.74) is 0.0656. The summed E-state index contributed by atoms with van der Waals surface area (Å²) in [5.74, 6) is -2.27. The molecule has 10 nitrogen and oxygen atoms in total. The second kappa shape index (κ2) is 9.33. The van der Waals surface area contributed by atoms with Crippen LogP contribution in [0, 0.1) is 0 Å². The van der Waals surface area contributed by atoms with Crippen molar-refractivity contribution >= 4 is 39.8 Å². The van der Waals surface area contributed by atoms with Gasteiger partial charge in [0.2, 0.25) is 5.91 Å². The number of carboxylic acids is 1. The Hall–Kier alpha value is -3.86. The van der Waals surface area contributed by atoms with Crippen LogP contribution in [0.2, 0.25) is 0 Å². The maximum absolute atomic E-state index is 12.3. The number of anilines is 1. The number of hydrogen-bond acceptors (Lipinski definition) is 6. The molecule has 33 heavy (non-hydrogen) atoms. The fourth-order valence-corrected chi connectivity index (χ4v) is 4.09. The Morgan fingerprint density at radius 2 is 1.91 bits per heavy atom. The van der Waals surface area contributed by atoms with Crippen molar-refractivity contribution in [3.05, 3.63) is 65.7 Å². The topological polar surface area (TPSA) is 142 Å². The molecular formula is C22H23N3O7S. The maximum atomic E-state index is 12.3. The summed E-state index contributed by atoms with van der Waals surface area (Å²) in [6, 6.07) is 13.8. The van der Waals surface area contributed by atoms with E-state index in [9.17, 15) is 22.8 Å². The Morgan fingerprint density at radius 1 is 1.21 bits per heavy atom. The lowest BCUT2D eigenvalue weighted by Crippen LogP contribution is -2.49. The van der Waals surface area contributed by atoms with Gasteiger partial charge >= 0.3 is 16.2 Å². The Balaban J connectivity index is 1.88. The van der Waals surface area contributed by atoms with Crippen LogP contribution in [0.5, 0.6) is 5.75 Å². The zero-order chi connectivity index (χ0) is 24.2. The molecule has 1 fully saturated rings. The van der Waals surface area contributed by atoms with E-state index in [1.807, 2.05) is 35.1 Å². The van der Waals surface area contributed by atoms with Gasteiger partial charge in [-0.05, 0) is 43.2 Å². The molecule has 1 aliphatic heterocycles. The average Bonchev–Trinajstić information content (AvgIpc) is 3.02. The Bertz CT molecular complexity index is 1210. The molecule has 0 saturated carbocycles. The Morgan fingerprint density at radius 3 is 2.52 bits per heavy atom. The van der Waals surface area contributed by atoms with Crippen LogP contribution in [-0.4, -0.2) is 43.4 Å². The third-order valence-electron chi connectivity index (χ3n) is 4.71. The number of hydrogen-bond donors (Lipinski definition) is 3. The minimum absolute atomic E-state index is 0.142. The number of ether oxygens (including phenoxy) is 1. The van der Waals surface area contributed by atoms with E-state index >= 15 is 0 Å². The number of aliphatic carboxylic acids is 1. The van der Waals surface area contributed by atoms with Gasteiger partial charge in [0.15, 0.2) is 0 Å². The predicted molar refractivity (Wildman–Crippen MR) is 121 cm³/mol. The van der Waals surface area contributed by atoms with E-state index in [1.54, 1.807) is 6.07 Å². The molecule has 11 heteroatoms. The molecule has 3 N–H and O–H groups in total. The molecule has 3 rings (SSSR count). The van der Waals surface area contributed by atoms with Gasteiger partial charge in [0.25, 0.3) is 5.91 Å². The number of carboxylic acid groups (broad SMARTS) is 1. The first kappa shape index (κ1) is 23.8.